The number of nitrogens with zero attached hydrogens (tertiary/aromatic N) is 1. The Morgan fingerprint density at radius 1 is 1.33 bits per heavy atom. The molecule has 96 valence electrons. The summed E-state index contributed by atoms with van der Waals surface area (Å²) in [5, 5.41) is 8.31. The van der Waals surface area contributed by atoms with Gasteiger partial charge in [0.25, 0.3) is 0 Å². The van der Waals surface area contributed by atoms with E-state index < -0.39 is 5.97 Å². The van der Waals surface area contributed by atoms with Crippen LogP contribution >= 0.6 is 15.9 Å². The van der Waals surface area contributed by atoms with Gasteiger partial charge >= 0.3 is 5.97 Å². The van der Waals surface area contributed by atoms with Crippen molar-refractivity contribution in [3.8, 4) is 17.6 Å². The van der Waals surface area contributed by atoms with Gasteiger partial charge in [0.2, 0.25) is 0 Å². The first-order valence-corrected chi connectivity index (χ1v) is 5.84. The summed E-state index contributed by atoms with van der Waals surface area (Å²) in [5.41, 5.74) is 0.704. The fourth-order valence-electron chi connectivity index (χ4n) is 1.35. The lowest BCUT2D eigenvalue weighted by Crippen LogP contribution is -2.09. The largest absolute Gasteiger partial charge is 0.493 e. The summed E-state index contributed by atoms with van der Waals surface area (Å²) in [5.74, 6) is 0.631. The summed E-state index contributed by atoms with van der Waals surface area (Å²) in [6, 6.07) is 5.15. The lowest BCUT2D eigenvalue weighted by Gasteiger charge is -2.11. The van der Waals surface area contributed by atoms with Crippen LogP contribution in [0.15, 0.2) is 16.6 Å². The summed E-state index contributed by atoms with van der Waals surface area (Å²) >= 11 is 3.34. The van der Waals surface area contributed by atoms with Crippen molar-refractivity contribution in [2.24, 2.45) is 0 Å². The fraction of sp³-hybridized carbons (Fsp3) is 0.333. The van der Waals surface area contributed by atoms with Crippen LogP contribution in [0.5, 0.6) is 11.5 Å². The van der Waals surface area contributed by atoms with Gasteiger partial charge in [-0.2, -0.15) is 5.26 Å². The molecule has 0 heterocycles. The summed E-state index contributed by atoms with van der Waals surface area (Å²) in [4.78, 5) is 11.4. The van der Waals surface area contributed by atoms with Crippen LogP contribution in [0, 0.1) is 11.3 Å². The molecule has 0 N–H and O–H groups in total. The Hall–Kier alpha value is -1.74. The second-order valence-electron chi connectivity index (χ2n) is 3.29. The second kappa shape index (κ2) is 6.87. The third-order valence-electron chi connectivity index (χ3n) is 2.19. The van der Waals surface area contributed by atoms with E-state index in [1.165, 1.54) is 14.2 Å². The first-order valence-electron chi connectivity index (χ1n) is 5.05. The molecule has 0 aliphatic heterocycles. The Morgan fingerprint density at radius 2 is 1.94 bits per heavy atom. The number of methoxy groups -OCH3 is 2. The van der Waals surface area contributed by atoms with Gasteiger partial charge in [0, 0.05) is 4.47 Å². The SMILES string of the molecule is COc1cc(Br)c(CC(=O)OCC#N)cc1OC. The zero-order valence-electron chi connectivity index (χ0n) is 10.0. The molecule has 0 spiro atoms. The van der Waals surface area contributed by atoms with Gasteiger partial charge in [-0.3, -0.25) is 4.79 Å². The van der Waals surface area contributed by atoms with Gasteiger partial charge in [-0.25, -0.2) is 0 Å². The predicted molar refractivity (Wildman–Crippen MR) is 67.5 cm³/mol. The topological polar surface area (TPSA) is 68.5 Å². The van der Waals surface area contributed by atoms with E-state index in [4.69, 9.17) is 14.7 Å². The van der Waals surface area contributed by atoms with Crippen molar-refractivity contribution >= 4 is 21.9 Å². The maximum absolute atomic E-state index is 11.4. The Morgan fingerprint density at radius 3 is 2.50 bits per heavy atom. The number of halogens is 1. The van der Waals surface area contributed by atoms with E-state index in [0.717, 1.165) is 0 Å². The minimum atomic E-state index is -0.468. The summed E-state index contributed by atoms with van der Waals surface area (Å²) in [6.07, 6.45) is 0.0582. The molecule has 6 heteroatoms. The molecule has 0 saturated heterocycles. The minimum absolute atomic E-state index is 0.0582. The molecule has 0 radical (unpaired) electrons. The number of nitriles is 1. The smallest absolute Gasteiger partial charge is 0.311 e. The number of esters is 1. The molecule has 0 amide bonds. The highest BCUT2D eigenvalue weighted by molar-refractivity contribution is 9.10. The van der Waals surface area contributed by atoms with Crippen molar-refractivity contribution in [1.82, 2.24) is 0 Å². The van der Waals surface area contributed by atoms with Crippen LogP contribution in [0.2, 0.25) is 0 Å². The molecule has 0 unspecified atom stereocenters. The number of hydrogen-bond acceptors (Lipinski definition) is 5. The number of ether oxygens (including phenoxy) is 3. The molecule has 0 aliphatic rings. The molecule has 18 heavy (non-hydrogen) atoms. The van der Waals surface area contributed by atoms with Gasteiger partial charge in [0.05, 0.1) is 20.6 Å². The zero-order chi connectivity index (χ0) is 13.5. The van der Waals surface area contributed by atoms with Crippen LogP contribution in [0.4, 0.5) is 0 Å². The van der Waals surface area contributed by atoms with E-state index in [1.807, 2.05) is 0 Å². The van der Waals surface area contributed by atoms with Crippen molar-refractivity contribution in [2.75, 3.05) is 20.8 Å². The lowest BCUT2D eigenvalue weighted by atomic mass is 10.1. The van der Waals surface area contributed by atoms with Gasteiger partial charge in [-0.05, 0) is 17.7 Å². The molecule has 0 fully saturated rings. The molecule has 1 rings (SSSR count). The van der Waals surface area contributed by atoms with Crippen molar-refractivity contribution in [3.05, 3.63) is 22.2 Å². The number of benzene rings is 1. The maximum atomic E-state index is 11.4. The van der Waals surface area contributed by atoms with Crippen molar-refractivity contribution in [2.45, 2.75) is 6.42 Å². The van der Waals surface area contributed by atoms with Crippen molar-refractivity contribution in [3.63, 3.8) is 0 Å². The predicted octanol–water partition coefficient (Wildman–Crippen LogP) is 2.08. The minimum Gasteiger partial charge on any atom is -0.493 e. The molecule has 1 aromatic rings. The number of hydrogen-bond donors (Lipinski definition) is 0. The van der Waals surface area contributed by atoms with E-state index in [1.54, 1.807) is 18.2 Å². The first-order chi connectivity index (χ1) is 8.62. The second-order valence-corrected chi connectivity index (χ2v) is 4.15. The highest BCUT2D eigenvalue weighted by Crippen LogP contribution is 2.33. The molecule has 0 aliphatic carbocycles. The van der Waals surface area contributed by atoms with Gasteiger partial charge < -0.3 is 14.2 Å². The number of carbonyl (C=O) groups excluding carboxylic acids is 1. The molecular weight excluding hydrogens is 302 g/mol. The Balaban J connectivity index is 2.89. The lowest BCUT2D eigenvalue weighted by molar-refractivity contribution is -0.141. The van der Waals surface area contributed by atoms with Crippen molar-refractivity contribution < 1.29 is 19.0 Å². The summed E-state index contributed by atoms with van der Waals surface area (Å²) in [6.45, 7) is -0.246. The Labute approximate surface area is 113 Å². The molecule has 1 aromatic carbocycles. The third kappa shape index (κ3) is 3.64. The van der Waals surface area contributed by atoms with Gasteiger partial charge in [0.1, 0.15) is 6.07 Å². The summed E-state index contributed by atoms with van der Waals surface area (Å²) < 4.78 is 15.7. The van der Waals surface area contributed by atoms with E-state index >= 15 is 0 Å². The van der Waals surface area contributed by atoms with Crippen molar-refractivity contribution in [1.29, 1.82) is 5.26 Å². The van der Waals surface area contributed by atoms with Gasteiger partial charge in [-0.15, -0.1) is 0 Å². The average molecular weight is 314 g/mol. The number of rotatable bonds is 5. The Kier molecular flexibility index (Phi) is 5.46. The van der Waals surface area contributed by atoms with E-state index in [0.29, 0.717) is 21.5 Å². The number of carbonyl (C=O) groups is 1. The quantitative estimate of drug-likeness (QED) is 0.778. The van der Waals surface area contributed by atoms with Crippen LogP contribution < -0.4 is 9.47 Å². The van der Waals surface area contributed by atoms with Crippen LogP contribution in [-0.4, -0.2) is 26.8 Å². The van der Waals surface area contributed by atoms with E-state index in [-0.39, 0.29) is 13.0 Å². The molecule has 5 nitrogen and oxygen atoms in total. The van der Waals surface area contributed by atoms with Crippen LogP contribution in [0.1, 0.15) is 5.56 Å². The van der Waals surface area contributed by atoms with Crippen LogP contribution in [0.3, 0.4) is 0 Å². The van der Waals surface area contributed by atoms with E-state index in [9.17, 15) is 4.79 Å². The molecular formula is C12H12BrNO4. The highest BCUT2D eigenvalue weighted by atomic mass is 79.9. The fourth-order valence-corrected chi connectivity index (χ4v) is 1.81. The van der Waals surface area contributed by atoms with E-state index in [2.05, 4.69) is 20.7 Å². The first kappa shape index (κ1) is 14.3. The molecule has 0 bridgehead atoms. The normalized spacial score (nSPS) is 9.44. The third-order valence-corrected chi connectivity index (χ3v) is 2.92. The molecule has 0 saturated carbocycles. The highest BCUT2D eigenvalue weighted by Gasteiger charge is 2.13. The average Bonchev–Trinajstić information content (AvgIpc) is 2.38. The molecule has 0 aromatic heterocycles. The molecule has 0 atom stereocenters. The van der Waals surface area contributed by atoms with Gasteiger partial charge in [0.15, 0.2) is 18.1 Å². The zero-order valence-corrected chi connectivity index (χ0v) is 11.6. The van der Waals surface area contributed by atoms with Crippen LogP contribution in [0.25, 0.3) is 0 Å². The standard InChI is InChI=1S/C12H12BrNO4/c1-16-10-5-8(6-12(15)18-4-3-14)9(13)7-11(10)17-2/h5,7H,4,6H2,1-2H3. The Bertz CT molecular complexity index is 482. The summed E-state index contributed by atoms with van der Waals surface area (Å²) in [7, 11) is 3.05. The van der Waals surface area contributed by atoms with Gasteiger partial charge in [-0.1, -0.05) is 15.9 Å². The maximum Gasteiger partial charge on any atom is 0.311 e. The monoisotopic (exact) mass is 313 g/mol. The van der Waals surface area contributed by atoms with Crippen LogP contribution in [-0.2, 0) is 16.0 Å².